The Bertz CT molecular complexity index is 865. The maximum absolute atomic E-state index is 10.4. The van der Waals surface area contributed by atoms with Crippen LogP contribution in [0.15, 0.2) is 84.9 Å². The predicted octanol–water partition coefficient (Wildman–Crippen LogP) is 0.735. The average Bonchev–Trinajstić information content (AvgIpc) is 2.70. The van der Waals surface area contributed by atoms with Crippen molar-refractivity contribution in [3.05, 3.63) is 102 Å². The molecule has 0 saturated carbocycles. The lowest BCUT2D eigenvalue weighted by atomic mass is 10.2. The molecule has 8 nitrogen and oxygen atoms in total. The van der Waals surface area contributed by atoms with Crippen molar-refractivity contribution >= 4 is 23.6 Å². The molecule has 8 N–H and O–H groups in total. The number of rotatable bonds is 3. The molecule has 0 bridgehead atoms. The first-order valence-electron chi connectivity index (χ1n) is 8.00. The average molecular weight is 398 g/mol. The summed E-state index contributed by atoms with van der Waals surface area (Å²) in [5.74, 6) is -3.18. The molecule has 152 valence electrons. The van der Waals surface area contributed by atoms with E-state index in [2.05, 4.69) is 5.73 Å². The summed E-state index contributed by atoms with van der Waals surface area (Å²) in [5.41, 5.74) is 4.82. The molecule has 0 unspecified atom stereocenters. The third-order valence-electron chi connectivity index (χ3n) is 3.27. The lowest BCUT2D eigenvalue weighted by Crippen LogP contribution is -2.41. The maximum Gasteiger partial charge on any atom is 0.341 e. The van der Waals surface area contributed by atoms with Crippen molar-refractivity contribution in [1.82, 2.24) is 6.15 Å². The van der Waals surface area contributed by atoms with E-state index >= 15 is 0 Å². The first-order valence-corrected chi connectivity index (χ1v) is 8.00. The summed E-state index contributed by atoms with van der Waals surface area (Å²) >= 11 is 0. The van der Waals surface area contributed by atoms with Crippen LogP contribution in [0.3, 0.4) is 0 Å². The fourth-order valence-electron chi connectivity index (χ4n) is 1.88. The molecule has 0 spiro atoms. The van der Waals surface area contributed by atoms with Crippen molar-refractivity contribution in [2.45, 2.75) is 0 Å². The zero-order valence-electron chi connectivity index (χ0n) is 15.8. The van der Waals surface area contributed by atoms with Crippen molar-refractivity contribution < 1.29 is 35.4 Å². The molecule has 0 saturated heterocycles. The lowest BCUT2D eigenvalue weighted by Gasteiger charge is -1.97. The Hall–Kier alpha value is -4.01. The quantitative estimate of drug-likeness (QED) is 0.584. The number of benzene rings is 3. The summed E-state index contributed by atoms with van der Waals surface area (Å²) in [4.78, 5) is 30.6. The van der Waals surface area contributed by atoms with Gasteiger partial charge in [-0.2, -0.15) is 0 Å². The van der Waals surface area contributed by atoms with Gasteiger partial charge >= 0.3 is 5.97 Å². The van der Waals surface area contributed by atoms with Crippen LogP contribution in [-0.2, 0) is 0 Å². The van der Waals surface area contributed by atoms with Gasteiger partial charge in [-0.25, -0.2) is 4.79 Å². The van der Waals surface area contributed by atoms with Crippen LogP contribution in [0, 0.1) is 0 Å². The summed E-state index contributed by atoms with van der Waals surface area (Å²) in [6.07, 6.45) is 0. The Morgan fingerprint density at radius 3 is 1.24 bits per heavy atom. The number of hydrogen-bond acceptors (Lipinski definition) is 5. The Morgan fingerprint density at radius 2 is 1.00 bits per heavy atom. The van der Waals surface area contributed by atoms with Crippen LogP contribution < -0.4 is 22.1 Å². The van der Waals surface area contributed by atoms with Gasteiger partial charge in [-0.1, -0.05) is 72.8 Å². The molecule has 0 amide bonds. The molecule has 3 rings (SSSR count). The molecule has 0 radical (unpaired) electrons. The maximum atomic E-state index is 10.4. The first-order chi connectivity index (χ1) is 13.3. The topological polar surface area (TPSA) is 182 Å². The highest BCUT2D eigenvalue weighted by molar-refractivity contribution is 5.91. The number of carboxylic acids is 3. The van der Waals surface area contributed by atoms with Gasteiger partial charge in [0.1, 0.15) is 11.3 Å². The van der Waals surface area contributed by atoms with E-state index in [1.165, 1.54) is 30.3 Å². The molecule has 8 heteroatoms. The number of aromatic carboxylic acids is 3. The lowest BCUT2D eigenvalue weighted by molar-refractivity contribution is -0.256. The van der Waals surface area contributed by atoms with Crippen LogP contribution in [-0.4, -0.2) is 23.0 Å². The van der Waals surface area contributed by atoms with E-state index in [1.54, 1.807) is 54.6 Å². The molecule has 3 aromatic carbocycles. The second kappa shape index (κ2) is 13.2. The van der Waals surface area contributed by atoms with Crippen molar-refractivity contribution in [2.24, 2.45) is 0 Å². The number of carbonyl (C=O) groups is 3. The molecule has 0 aliphatic rings. The zero-order valence-corrected chi connectivity index (χ0v) is 15.8. The Kier molecular flexibility index (Phi) is 11.4. The highest BCUT2D eigenvalue weighted by Gasteiger charge is 2.07. The van der Waals surface area contributed by atoms with E-state index < -0.39 is 17.9 Å². The highest BCUT2D eigenvalue weighted by Crippen LogP contribution is 2.07. The fourth-order valence-corrected chi connectivity index (χ4v) is 1.88. The molecule has 0 heterocycles. The normalized spacial score (nSPS) is 8.72. The summed E-state index contributed by atoms with van der Waals surface area (Å²) in [6, 6.07) is 22.8. The molecular formula is C21H22N2O6. The molecule has 0 aliphatic carbocycles. The minimum absolute atomic E-state index is 0. The Labute approximate surface area is 167 Å². The third kappa shape index (κ3) is 9.48. The van der Waals surface area contributed by atoms with E-state index in [9.17, 15) is 24.6 Å². The molecule has 3 aromatic rings. The van der Waals surface area contributed by atoms with Crippen LogP contribution in [0.2, 0.25) is 0 Å². The predicted molar refractivity (Wildman–Crippen MR) is 103 cm³/mol. The Balaban J connectivity index is 0.000000399. The highest BCUT2D eigenvalue weighted by atomic mass is 16.4. The van der Waals surface area contributed by atoms with Gasteiger partial charge in [0.15, 0.2) is 0 Å². The zero-order chi connectivity index (χ0) is 20.9. The minimum Gasteiger partial charge on any atom is -0.545 e. The van der Waals surface area contributed by atoms with Gasteiger partial charge < -0.3 is 36.8 Å². The van der Waals surface area contributed by atoms with Crippen LogP contribution in [0.5, 0.6) is 0 Å². The van der Waals surface area contributed by atoms with E-state index in [0.717, 1.165) is 0 Å². The van der Waals surface area contributed by atoms with Gasteiger partial charge in [0.25, 0.3) is 0 Å². The standard InChI is InChI=1S/C7H7NO2.2C7H6O2.H3N/c8-6-4-2-1-3-5(6)7(9)10;2*8-7(9)6-4-2-1-3-5-6;/h1-4H,8H2,(H,9,10);2*1-5H,(H,8,9);1H3. The minimum atomic E-state index is -1.13. The molecule has 0 atom stereocenters. The van der Waals surface area contributed by atoms with Crippen LogP contribution >= 0.6 is 0 Å². The number of hydrogen-bond donors (Lipinski definition) is 3. The smallest absolute Gasteiger partial charge is 0.341 e. The number of carboxylic acid groups (broad SMARTS) is 3. The molecule has 0 fully saturated rings. The van der Waals surface area contributed by atoms with E-state index in [1.807, 2.05) is 0 Å². The summed E-state index contributed by atoms with van der Waals surface area (Å²) in [7, 11) is 0. The van der Waals surface area contributed by atoms with Crippen molar-refractivity contribution in [3.63, 3.8) is 0 Å². The Morgan fingerprint density at radius 1 is 0.655 bits per heavy atom. The van der Waals surface area contributed by atoms with Crippen LogP contribution in [0.1, 0.15) is 31.1 Å². The van der Waals surface area contributed by atoms with Gasteiger partial charge in [0.2, 0.25) is 0 Å². The molecule has 0 aromatic heterocycles. The monoisotopic (exact) mass is 398 g/mol. The van der Waals surface area contributed by atoms with Crippen LogP contribution in [0.4, 0.5) is 5.69 Å². The first kappa shape index (κ1) is 25.0. The number of quaternary nitrogens is 2. The molecule has 0 aliphatic heterocycles. The molecule has 29 heavy (non-hydrogen) atoms. The SMILES string of the molecule is O=C([O-])c1ccccc1.O=C([O-])c1ccccc1.[NH3+]c1ccccc1C(=O)O.[NH4+]. The third-order valence-corrected chi connectivity index (χ3v) is 3.27. The van der Waals surface area contributed by atoms with E-state index in [4.69, 9.17) is 5.11 Å². The van der Waals surface area contributed by atoms with E-state index in [0.29, 0.717) is 5.69 Å². The molecular weight excluding hydrogens is 376 g/mol. The second-order valence-electron chi connectivity index (χ2n) is 5.27. The fraction of sp³-hybridized carbons (Fsp3) is 0. The van der Waals surface area contributed by atoms with Crippen molar-refractivity contribution in [2.75, 3.05) is 0 Å². The van der Waals surface area contributed by atoms with Gasteiger partial charge in [0.05, 0.1) is 11.9 Å². The van der Waals surface area contributed by atoms with Gasteiger partial charge in [-0.15, -0.1) is 0 Å². The van der Waals surface area contributed by atoms with Crippen molar-refractivity contribution in [3.8, 4) is 0 Å². The van der Waals surface area contributed by atoms with E-state index in [-0.39, 0.29) is 22.8 Å². The summed E-state index contributed by atoms with van der Waals surface area (Å²) in [6.45, 7) is 0. The van der Waals surface area contributed by atoms with Gasteiger partial charge in [0, 0.05) is 0 Å². The second-order valence-corrected chi connectivity index (χ2v) is 5.27. The number of carbonyl (C=O) groups excluding carboxylic acids is 2. The van der Waals surface area contributed by atoms with Crippen LogP contribution in [0.25, 0.3) is 0 Å². The summed E-state index contributed by atoms with van der Waals surface area (Å²) in [5, 5.41) is 28.7. The van der Waals surface area contributed by atoms with Gasteiger partial charge in [-0.05, 0) is 23.3 Å². The largest absolute Gasteiger partial charge is 0.545 e. The summed E-state index contributed by atoms with van der Waals surface area (Å²) < 4.78 is 0. The van der Waals surface area contributed by atoms with Gasteiger partial charge in [-0.3, -0.25) is 0 Å². The van der Waals surface area contributed by atoms with Crippen molar-refractivity contribution in [1.29, 1.82) is 0 Å².